The van der Waals surface area contributed by atoms with Gasteiger partial charge in [0.25, 0.3) is 11.8 Å². The second-order valence-corrected chi connectivity index (χ2v) is 8.10. The Bertz CT molecular complexity index is 935. The third-order valence-electron chi connectivity index (χ3n) is 4.65. The van der Waals surface area contributed by atoms with Gasteiger partial charge in [-0.05, 0) is 51.4 Å². The smallest absolute Gasteiger partial charge is 0.494 e. The minimum Gasteiger partial charge on any atom is -0.496 e. The summed E-state index contributed by atoms with van der Waals surface area (Å²) < 4.78 is 16.5. The Morgan fingerprint density at radius 3 is 2.23 bits per heavy atom. The van der Waals surface area contributed by atoms with Crippen molar-refractivity contribution in [2.45, 2.75) is 33.2 Å². The molecule has 0 bridgehead atoms. The molecule has 0 unspecified atom stereocenters. The van der Waals surface area contributed by atoms with Crippen LogP contribution >= 0.6 is 0 Å². The summed E-state index contributed by atoms with van der Waals surface area (Å²) in [6, 6.07) is 12.2. The summed E-state index contributed by atoms with van der Waals surface area (Å²) in [6.45, 7) is 8.36. The first-order valence-corrected chi connectivity index (χ1v) is 9.85. The fourth-order valence-electron chi connectivity index (χ4n) is 3.27. The van der Waals surface area contributed by atoms with Gasteiger partial charge in [0, 0.05) is 22.2 Å². The minimum atomic E-state index is -0.629. The van der Waals surface area contributed by atoms with Crippen molar-refractivity contribution in [1.29, 1.82) is 0 Å². The molecule has 7 nitrogen and oxygen atoms in total. The zero-order chi connectivity index (χ0) is 21.9. The molecule has 1 saturated heterocycles. The number of benzene rings is 2. The van der Waals surface area contributed by atoms with Crippen molar-refractivity contribution in [2.24, 2.45) is 0 Å². The van der Waals surface area contributed by atoms with E-state index in [9.17, 15) is 9.59 Å². The van der Waals surface area contributed by atoms with Crippen molar-refractivity contribution in [1.82, 2.24) is 10.4 Å². The summed E-state index contributed by atoms with van der Waals surface area (Å²) in [6.07, 6.45) is 0. The van der Waals surface area contributed by atoms with Crippen LogP contribution < -0.4 is 15.6 Å². The summed E-state index contributed by atoms with van der Waals surface area (Å²) in [4.78, 5) is 27.1. The van der Waals surface area contributed by atoms with E-state index in [0.717, 1.165) is 5.01 Å². The van der Waals surface area contributed by atoms with Crippen molar-refractivity contribution >= 4 is 24.4 Å². The fraction of sp³-hybridized carbons (Fsp3) is 0.364. The number of hydrogen-bond acceptors (Lipinski definition) is 6. The molecular weight excluding hydrogens is 383 g/mol. The number of imide groups is 1. The summed E-state index contributed by atoms with van der Waals surface area (Å²) >= 11 is 0. The van der Waals surface area contributed by atoms with Gasteiger partial charge >= 0.3 is 7.12 Å². The van der Waals surface area contributed by atoms with E-state index >= 15 is 0 Å². The van der Waals surface area contributed by atoms with Gasteiger partial charge in [0.05, 0.1) is 20.3 Å². The molecule has 1 fully saturated rings. The Balaban J connectivity index is 2.03. The van der Waals surface area contributed by atoms with E-state index in [1.807, 2.05) is 26.8 Å². The highest BCUT2D eigenvalue weighted by molar-refractivity contribution is 6.63. The molecule has 2 aromatic rings. The SMILES string of the molecule is COc1cccc(C(=O)N(NC(C)(C)C)C(=O)c2ccccc2B2OCCO2)c1C. The van der Waals surface area contributed by atoms with E-state index in [1.165, 1.54) is 0 Å². The number of methoxy groups -OCH3 is 1. The lowest BCUT2D eigenvalue weighted by atomic mass is 9.76. The highest BCUT2D eigenvalue weighted by Crippen LogP contribution is 2.23. The van der Waals surface area contributed by atoms with Crippen molar-refractivity contribution < 1.29 is 23.6 Å². The number of hydrazine groups is 1. The Labute approximate surface area is 177 Å². The minimum absolute atomic E-state index is 0.343. The first-order valence-electron chi connectivity index (χ1n) is 9.85. The van der Waals surface area contributed by atoms with Crippen LogP contribution in [0.3, 0.4) is 0 Å². The van der Waals surface area contributed by atoms with Gasteiger partial charge in [-0.15, -0.1) is 0 Å². The number of nitrogens with zero attached hydrogens (tertiary/aromatic N) is 1. The summed E-state index contributed by atoms with van der Waals surface area (Å²) in [5.74, 6) is -0.363. The number of amides is 2. The normalized spacial score (nSPS) is 14.0. The average molecular weight is 410 g/mol. The van der Waals surface area contributed by atoms with Gasteiger partial charge in [-0.2, -0.15) is 0 Å². The zero-order valence-electron chi connectivity index (χ0n) is 18.0. The lowest BCUT2D eigenvalue weighted by Gasteiger charge is -2.31. The van der Waals surface area contributed by atoms with Gasteiger partial charge < -0.3 is 14.0 Å². The molecule has 8 heteroatoms. The van der Waals surface area contributed by atoms with Crippen LogP contribution in [0.1, 0.15) is 47.1 Å². The topological polar surface area (TPSA) is 77.1 Å². The molecule has 3 rings (SSSR count). The molecule has 0 aliphatic carbocycles. The second-order valence-electron chi connectivity index (χ2n) is 8.10. The van der Waals surface area contributed by atoms with E-state index < -0.39 is 24.5 Å². The predicted octanol–water partition coefficient (Wildman–Crippen LogP) is 2.33. The van der Waals surface area contributed by atoms with Crippen molar-refractivity contribution in [3.8, 4) is 5.75 Å². The Morgan fingerprint density at radius 1 is 1.00 bits per heavy atom. The van der Waals surface area contributed by atoms with Crippen LogP contribution in [0.25, 0.3) is 0 Å². The molecule has 0 spiro atoms. The summed E-state index contributed by atoms with van der Waals surface area (Å²) in [7, 11) is 0.917. The van der Waals surface area contributed by atoms with Gasteiger partial charge in [-0.3, -0.25) is 9.59 Å². The molecule has 2 amide bonds. The second kappa shape index (κ2) is 8.99. The predicted molar refractivity (Wildman–Crippen MR) is 115 cm³/mol. The maximum Gasteiger partial charge on any atom is 0.494 e. The van der Waals surface area contributed by atoms with Gasteiger partial charge in [-0.1, -0.05) is 24.3 Å². The lowest BCUT2D eigenvalue weighted by Crippen LogP contribution is -2.56. The number of carbonyl (C=O) groups excluding carboxylic acids is 2. The monoisotopic (exact) mass is 410 g/mol. The number of carbonyl (C=O) groups is 2. The molecule has 30 heavy (non-hydrogen) atoms. The summed E-state index contributed by atoms with van der Waals surface area (Å²) in [5, 5.41) is 1.07. The van der Waals surface area contributed by atoms with E-state index in [0.29, 0.717) is 41.1 Å². The van der Waals surface area contributed by atoms with Crippen LogP contribution in [0.2, 0.25) is 0 Å². The third kappa shape index (κ3) is 4.72. The molecule has 1 aliphatic rings. The quantitative estimate of drug-likeness (QED) is 0.463. The first kappa shape index (κ1) is 22.0. The van der Waals surface area contributed by atoms with Gasteiger partial charge in [0.1, 0.15) is 5.75 Å². The van der Waals surface area contributed by atoms with Crippen LogP contribution in [-0.4, -0.2) is 49.8 Å². The molecule has 1 heterocycles. The molecular formula is C22H27BN2O5. The zero-order valence-corrected chi connectivity index (χ0v) is 18.0. The van der Waals surface area contributed by atoms with Crippen molar-refractivity contribution in [3.05, 3.63) is 59.2 Å². The van der Waals surface area contributed by atoms with E-state index in [4.69, 9.17) is 14.0 Å². The van der Waals surface area contributed by atoms with Crippen LogP contribution in [-0.2, 0) is 9.31 Å². The van der Waals surface area contributed by atoms with Gasteiger partial charge in [-0.25, -0.2) is 10.4 Å². The Morgan fingerprint density at radius 2 is 1.60 bits per heavy atom. The van der Waals surface area contributed by atoms with Gasteiger partial charge in [0.15, 0.2) is 0 Å². The largest absolute Gasteiger partial charge is 0.496 e. The molecule has 1 aliphatic heterocycles. The number of rotatable bonds is 5. The molecule has 1 N–H and O–H groups in total. The standard InChI is InChI=1S/C22H27BN2O5/c1-15-16(10-8-12-19(15)28-5)20(26)25(24-22(2,3)4)21(27)17-9-6-7-11-18(17)23-29-13-14-30-23/h6-12,24H,13-14H2,1-5H3. The molecule has 158 valence electrons. The third-order valence-corrected chi connectivity index (χ3v) is 4.65. The first-order chi connectivity index (χ1) is 14.2. The van der Waals surface area contributed by atoms with Crippen LogP contribution in [0.5, 0.6) is 5.75 Å². The van der Waals surface area contributed by atoms with Gasteiger partial charge in [0.2, 0.25) is 0 Å². The lowest BCUT2D eigenvalue weighted by molar-refractivity contribution is 0.0452. The van der Waals surface area contributed by atoms with Crippen LogP contribution in [0.4, 0.5) is 0 Å². The highest BCUT2D eigenvalue weighted by Gasteiger charge is 2.35. The molecule has 0 aromatic heterocycles. The van der Waals surface area contributed by atoms with Crippen molar-refractivity contribution in [3.63, 3.8) is 0 Å². The fourth-order valence-corrected chi connectivity index (χ4v) is 3.27. The Kier molecular flexibility index (Phi) is 6.60. The number of nitrogens with one attached hydrogen (secondary N) is 1. The van der Waals surface area contributed by atoms with Crippen molar-refractivity contribution in [2.75, 3.05) is 20.3 Å². The maximum absolute atomic E-state index is 13.6. The molecule has 0 saturated carbocycles. The summed E-state index contributed by atoms with van der Waals surface area (Å²) in [5.41, 5.74) is 4.49. The van der Waals surface area contributed by atoms with E-state index in [2.05, 4.69) is 5.43 Å². The van der Waals surface area contributed by atoms with E-state index in [1.54, 1.807) is 50.4 Å². The molecule has 0 radical (unpaired) electrons. The van der Waals surface area contributed by atoms with Crippen LogP contribution in [0.15, 0.2) is 42.5 Å². The number of ether oxygens (including phenoxy) is 1. The Hall–Kier alpha value is -2.68. The molecule has 0 atom stereocenters. The molecule has 2 aromatic carbocycles. The maximum atomic E-state index is 13.6. The highest BCUT2D eigenvalue weighted by atomic mass is 16.6. The number of hydrogen-bond donors (Lipinski definition) is 1. The average Bonchev–Trinajstić information content (AvgIpc) is 3.25. The van der Waals surface area contributed by atoms with Crippen LogP contribution in [0, 0.1) is 6.92 Å². The van der Waals surface area contributed by atoms with E-state index in [-0.39, 0.29) is 0 Å².